The van der Waals surface area contributed by atoms with E-state index in [9.17, 15) is 14.9 Å². The van der Waals surface area contributed by atoms with Gasteiger partial charge >= 0.3 is 0 Å². The van der Waals surface area contributed by atoms with Crippen molar-refractivity contribution in [2.24, 2.45) is 0 Å². The first-order chi connectivity index (χ1) is 15.4. The van der Waals surface area contributed by atoms with Crippen molar-refractivity contribution < 1.29 is 9.72 Å². The Morgan fingerprint density at radius 3 is 2.53 bits per heavy atom. The first-order valence-electron chi connectivity index (χ1n) is 10.3. The number of non-ortho nitro benzene ring substituents is 1. The van der Waals surface area contributed by atoms with E-state index < -0.39 is 4.92 Å². The van der Waals surface area contributed by atoms with Gasteiger partial charge in [-0.15, -0.1) is 0 Å². The number of aromatic nitrogens is 2. The minimum atomic E-state index is -0.426. The predicted octanol–water partition coefficient (Wildman–Crippen LogP) is 5.38. The topological polar surface area (TPSA) is 92.8 Å². The first kappa shape index (κ1) is 21.5. The van der Waals surface area contributed by atoms with E-state index >= 15 is 0 Å². The lowest BCUT2D eigenvalue weighted by atomic mass is 10.1. The van der Waals surface area contributed by atoms with Gasteiger partial charge in [-0.3, -0.25) is 19.3 Å². The van der Waals surface area contributed by atoms with Gasteiger partial charge < -0.3 is 10.2 Å². The van der Waals surface area contributed by atoms with E-state index in [2.05, 4.69) is 29.0 Å². The summed E-state index contributed by atoms with van der Waals surface area (Å²) in [5.74, 6) is -0.189. The number of hydrogen-bond acceptors (Lipinski definition) is 6. The van der Waals surface area contributed by atoms with Crippen LogP contribution in [0, 0.1) is 17.0 Å². The van der Waals surface area contributed by atoms with Crippen molar-refractivity contribution in [3.8, 4) is 11.3 Å². The molecule has 0 bridgehead atoms. The van der Waals surface area contributed by atoms with E-state index in [1.165, 1.54) is 23.5 Å². The van der Waals surface area contributed by atoms with Gasteiger partial charge in [0.15, 0.2) is 4.96 Å². The number of rotatable bonds is 7. The van der Waals surface area contributed by atoms with Gasteiger partial charge in [0.25, 0.3) is 11.6 Å². The molecule has 1 amide bonds. The summed E-state index contributed by atoms with van der Waals surface area (Å²) < 4.78 is 1.84. The zero-order valence-electron chi connectivity index (χ0n) is 18.0. The van der Waals surface area contributed by atoms with Crippen LogP contribution in [0.3, 0.4) is 0 Å². The number of nitrogens with one attached hydrogen (secondary N) is 1. The number of benzene rings is 2. The van der Waals surface area contributed by atoms with Crippen LogP contribution in [-0.4, -0.2) is 33.3 Å². The summed E-state index contributed by atoms with van der Waals surface area (Å²) in [5, 5.41) is 14.0. The number of nitro benzene ring substituents is 1. The number of anilines is 2. The lowest BCUT2D eigenvalue weighted by Gasteiger charge is -2.21. The van der Waals surface area contributed by atoms with Crippen molar-refractivity contribution in [3.63, 3.8) is 0 Å². The van der Waals surface area contributed by atoms with Crippen LogP contribution < -0.4 is 10.2 Å². The Morgan fingerprint density at radius 1 is 1.19 bits per heavy atom. The standard InChI is InChI=1S/C23H23N5O3S/c1-4-26(5-2)18-11-9-17(10-12-18)24-22(29)21-15(3)27-14-20(25-23(27)32-21)16-7-6-8-19(13-16)28(30)31/h6-14H,4-5H2,1-3H3,(H,24,29). The molecule has 8 nitrogen and oxygen atoms in total. The maximum absolute atomic E-state index is 12.9. The molecule has 0 saturated heterocycles. The van der Waals surface area contributed by atoms with Crippen LogP contribution in [-0.2, 0) is 0 Å². The first-order valence-corrected chi connectivity index (χ1v) is 11.1. The molecule has 0 unspecified atom stereocenters. The van der Waals surface area contributed by atoms with Gasteiger partial charge in [-0.1, -0.05) is 23.5 Å². The molecular weight excluding hydrogens is 426 g/mol. The molecule has 0 aliphatic carbocycles. The molecule has 2 aromatic heterocycles. The number of carbonyl (C=O) groups excluding carboxylic acids is 1. The molecule has 4 aromatic rings. The van der Waals surface area contributed by atoms with Crippen LogP contribution in [0.15, 0.2) is 54.7 Å². The van der Waals surface area contributed by atoms with E-state index in [1.807, 2.05) is 35.6 Å². The largest absolute Gasteiger partial charge is 0.372 e. The second kappa shape index (κ2) is 8.80. The van der Waals surface area contributed by atoms with Gasteiger partial charge in [-0.05, 0) is 45.0 Å². The second-order valence-electron chi connectivity index (χ2n) is 7.28. The molecule has 32 heavy (non-hydrogen) atoms. The molecule has 164 valence electrons. The number of fused-ring (bicyclic) bond motifs is 1. The van der Waals surface area contributed by atoms with E-state index in [-0.39, 0.29) is 11.6 Å². The lowest BCUT2D eigenvalue weighted by Crippen LogP contribution is -2.21. The minimum Gasteiger partial charge on any atom is -0.372 e. The molecule has 2 aromatic carbocycles. The van der Waals surface area contributed by atoms with Crippen LogP contribution in [0.5, 0.6) is 0 Å². The van der Waals surface area contributed by atoms with E-state index in [0.29, 0.717) is 21.1 Å². The lowest BCUT2D eigenvalue weighted by molar-refractivity contribution is -0.384. The Kier molecular flexibility index (Phi) is 5.91. The van der Waals surface area contributed by atoms with Crippen LogP contribution >= 0.6 is 11.3 Å². The Morgan fingerprint density at radius 2 is 1.91 bits per heavy atom. The highest BCUT2D eigenvalue weighted by atomic mass is 32.1. The average molecular weight is 450 g/mol. The van der Waals surface area contributed by atoms with Gasteiger partial charge in [0.05, 0.1) is 10.6 Å². The Labute approximate surface area is 189 Å². The van der Waals surface area contributed by atoms with Gasteiger partial charge in [0.1, 0.15) is 4.88 Å². The van der Waals surface area contributed by atoms with Crippen molar-refractivity contribution in [1.29, 1.82) is 0 Å². The average Bonchev–Trinajstić information content (AvgIpc) is 3.35. The quantitative estimate of drug-likeness (QED) is 0.302. The summed E-state index contributed by atoms with van der Waals surface area (Å²) in [4.78, 5) is 31.6. The summed E-state index contributed by atoms with van der Waals surface area (Å²) in [7, 11) is 0. The smallest absolute Gasteiger partial charge is 0.270 e. The fraction of sp³-hybridized carbons (Fsp3) is 0.217. The number of aryl methyl sites for hydroxylation is 1. The summed E-state index contributed by atoms with van der Waals surface area (Å²) >= 11 is 1.29. The normalized spacial score (nSPS) is 11.0. The highest BCUT2D eigenvalue weighted by molar-refractivity contribution is 7.19. The van der Waals surface area contributed by atoms with Crippen LogP contribution in [0.4, 0.5) is 17.1 Å². The SMILES string of the molecule is CCN(CC)c1ccc(NC(=O)c2sc3nc(-c4cccc([N+](=O)[O-])c4)cn3c2C)cc1. The van der Waals surface area contributed by atoms with Crippen molar-refractivity contribution >= 4 is 39.3 Å². The number of carbonyl (C=O) groups is 1. The zero-order valence-corrected chi connectivity index (χ0v) is 18.8. The zero-order chi connectivity index (χ0) is 22.8. The number of thiazole rings is 1. The molecule has 0 fully saturated rings. The summed E-state index contributed by atoms with van der Waals surface area (Å²) in [5.41, 5.74) is 3.92. The summed E-state index contributed by atoms with van der Waals surface area (Å²) in [6.07, 6.45) is 1.80. The number of nitrogens with zero attached hydrogens (tertiary/aromatic N) is 4. The van der Waals surface area contributed by atoms with Crippen LogP contribution in [0.2, 0.25) is 0 Å². The molecule has 1 N–H and O–H groups in total. The Balaban J connectivity index is 1.56. The molecule has 4 rings (SSSR count). The molecule has 9 heteroatoms. The molecule has 0 radical (unpaired) electrons. The van der Waals surface area contributed by atoms with Crippen molar-refractivity contribution in [3.05, 3.63) is 75.4 Å². The monoisotopic (exact) mass is 449 g/mol. The predicted molar refractivity (Wildman–Crippen MR) is 128 cm³/mol. The third kappa shape index (κ3) is 4.06. The number of nitro groups is 1. The van der Waals surface area contributed by atoms with Gasteiger partial charge in [0, 0.05) is 54.1 Å². The van der Waals surface area contributed by atoms with Crippen LogP contribution in [0.25, 0.3) is 16.2 Å². The van der Waals surface area contributed by atoms with Crippen molar-refractivity contribution in [1.82, 2.24) is 9.38 Å². The summed E-state index contributed by atoms with van der Waals surface area (Å²) in [6, 6.07) is 14.2. The third-order valence-electron chi connectivity index (χ3n) is 5.37. The molecule has 0 aliphatic heterocycles. The van der Waals surface area contributed by atoms with E-state index in [1.54, 1.807) is 18.3 Å². The summed E-state index contributed by atoms with van der Waals surface area (Å²) in [6.45, 7) is 7.93. The highest BCUT2D eigenvalue weighted by Gasteiger charge is 2.19. The number of hydrogen-bond donors (Lipinski definition) is 1. The minimum absolute atomic E-state index is 0.0163. The molecule has 0 saturated carbocycles. The molecular formula is C23H23N5O3S. The molecule has 2 heterocycles. The molecule has 0 spiro atoms. The maximum atomic E-state index is 12.9. The third-order valence-corrected chi connectivity index (χ3v) is 6.53. The Hall–Kier alpha value is -3.72. The number of amides is 1. The van der Waals surface area contributed by atoms with Crippen molar-refractivity contribution in [2.45, 2.75) is 20.8 Å². The van der Waals surface area contributed by atoms with E-state index in [0.717, 1.165) is 30.2 Å². The molecule has 0 atom stereocenters. The van der Waals surface area contributed by atoms with Crippen molar-refractivity contribution in [2.75, 3.05) is 23.3 Å². The van der Waals surface area contributed by atoms with E-state index in [4.69, 9.17) is 0 Å². The highest BCUT2D eigenvalue weighted by Crippen LogP contribution is 2.29. The fourth-order valence-electron chi connectivity index (χ4n) is 3.61. The van der Waals surface area contributed by atoms with Gasteiger partial charge in [-0.2, -0.15) is 0 Å². The van der Waals surface area contributed by atoms with Gasteiger partial charge in [0.2, 0.25) is 0 Å². The maximum Gasteiger partial charge on any atom is 0.270 e. The molecule has 0 aliphatic rings. The second-order valence-corrected chi connectivity index (χ2v) is 8.25. The number of imidazole rings is 1. The Bertz CT molecular complexity index is 1290. The van der Waals surface area contributed by atoms with Gasteiger partial charge in [-0.25, -0.2) is 4.98 Å². The fourth-order valence-corrected chi connectivity index (χ4v) is 4.62. The van der Waals surface area contributed by atoms with Crippen LogP contribution in [0.1, 0.15) is 29.2 Å².